The van der Waals surface area contributed by atoms with Gasteiger partial charge in [0.05, 0.1) is 19.4 Å². The minimum atomic E-state index is -0.273. The van der Waals surface area contributed by atoms with Crippen LogP contribution in [0.5, 0.6) is 0 Å². The summed E-state index contributed by atoms with van der Waals surface area (Å²) in [5.41, 5.74) is 1.74. The largest absolute Gasteiger partial charge is 0.467 e. The number of nitrogens with one attached hydrogen (secondary N) is 3. The zero-order chi connectivity index (χ0) is 22.3. The topological polar surface area (TPSA) is 120 Å². The third-order valence-corrected chi connectivity index (χ3v) is 5.56. The molecule has 4 rings (SSSR count). The number of piperidine rings is 1. The molecule has 0 spiro atoms. The van der Waals surface area contributed by atoms with Crippen molar-refractivity contribution in [1.82, 2.24) is 25.7 Å². The molecule has 1 aromatic carbocycles. The molecule has 166 valence electrons. The van der Waals surface area contributed by atoms with Crippen LogP contribution in [0.2, 0.25) is 0 Å². The number of amides is 3. The van der Waals surface area contributed by atoms with E-state index >= 15 is 0 Å². The van der Waals surface area contributed by atoms with Gasteiger partial charge >= 0.3 is 0 Å². The first-order valence-corrected chi connectivity index (χ1v) is 10.6. The third-order valence-electron chi connectivity index (χ3n) is 5.56. The van der Waals surface area contributed by atoms with Gasteiger partial charge in [-0.2, -0.15) is 5.10 Å². The van der Waals surface area contributed by atoms with Crippen molar-refractivity contribution in [2.45, 2.75) is 25.3 Å². The molecule has 0 aliphatic carbocycles. The first-order valence-electron chi connectivity index (χ1n) is 10.6. The van der Waals surface area contributed by atoms with Crippen LogP contribution in [-0.2, 0) is 11.3 Å². The monoisotopic (exact) mass is 435 g/mol. The summed E-state index contributed by atoms with van der Waals surface area (Å²) in [5.74, 6) is 0.230. The molecule has 1 fully saturated rings. The summed E-state index contributed by atoms with van der Waals surface area (Å²) in [5, 5.41) is 12.5. The van der Waals surface area contributed by atoms with Crippen molar-refractivity contribution in [3.63, 3.8) is 0 Å². The van der Waals surface area contributed by atoms with Gasteiger partial charge in [-0.1, -0.05) is 18.2 Å². The van der Waals surface area contributed by atoms with Crippen LogP contribution in [0, 0.1) is 0 Å². The smallest absolute Gasteiger partial charge is 0.272 e. The first-order chi connectivity index (χ1) is 15.6. The maximum atomic E-state index is 12.5. The van der Waals surface area contributed by atoms with Crippen molar-refractivity contribution in [3.05, 3.63) is 77.5 Å². The van der Waals surface area contributed by atoms with Gasteiger partial charge in [0.25, 0.3) is 11.8 Å². The second-order valence-electron chi connectivity index (χ2n) is 7.67. The van der Waals surface area contributed by atoms with Crippen molar-refractivity contribution in [3.8, 4) is 0 Å². The summed E-state index contributed by atoms with van der Waals surface area (Å²) in [6.45, 7) is 1.45. The Hall–Kier alpha value is -3.88. The molecule has 0 radical (unpaired) electrons. The molecule has 3 aromatic rings. The molecule has 1 aliphatic rings. The number of aromatic nitrogens is 2. The fourth-order valence-corrected chi connectivity index (χ4v) is 3.73. The molecule has 3 N–H and O–H groups in total. The molecule has 1 saturated heterocycles. The number of benzene rings is 1. The molecule has 0 saturated carbocycles. The minimum absolute atomic E-state index is 0.0254. The van der Waals surface area contributed by atoms with E-state index < -0.39 is 0 Å². The maximum Gasteiger partial charge on any atom is 0.272 e. The quantitative estimate of drug-likeness (QED) is 0.525. The Bertz CT molecular complexity index is 1050. The minimum Gasteiger partial charge on any atom is -0.467 e. The summed E-state index contributed by atoms with van der Waals surface area (Å²) >= 11 is 0. The summed E-state index contributed by atoms with van der Waals surface area (Å²) in [6, 6.07) is 14.1. The lowest BCUT2D eigenvalue weighted by Crippen LogP contribution is -2.43. The van der Waals surface area contributed by atoms with E-state index in [2.05, 4.69) is 20.8 Å². The van der Waals surface area contributed by atoms with Crippen molar-refractivity contribution >= 4 is 17.7 Å². The van der Waals surface area contributed by atoms with Crippen LogP contribution >= 0.6 is 0 Å². The van der Waals surface area contributed by atoms with Gasteiger partial charge in [-0.3, -0.25) is 19.5 Å². The number of rotatable bonds is 7. The number of aromatic amines is 1. The Morgan fingerprint density at radius 3 is 2.53 bits per heavy atom. The van der Waals surface area contributed by atoms with E-state index in [-0.39, 0.29) is 30.2 Å². The van der Waals surface area contributed by atoms with Gasteiger partial charge in [0.2, 0.25) is 5.91 Å². The molecule has 1 aliphatic heterocycles. The van der Waals surface area contributed by atoms with Gasteiger partial charge in [0, 0.05) is 30.3 Å². The number of carbonyl (C=O) groups is 3. The number of hydrogen-bond acceptors (Lipinski definition) is 5. The van der Waals surface area contributed by atoms with E-state index in [9.17, 15) is 14.4 Å². The molecule has 9 nitrogen and oxygen atoms in total. The average molecular weight is 435 g/mol. The summed E-state index contributed by atoms with van der Waals surface area (Å²) in [6.07, 6.45) is 3.07. The molecular weight excluding hydrogens is 410 g/mol. The highest BCUT2D eigenvalue weighted by Crippen LogP contribution is 2.27. The SMILES string of the molecule is O=C(NCC(=O)N1CCC(c2cc(C(=O)NCc3ccco3)n[nH]2)CC1)c1ccccc1. The Balaban J connectivity index is 1.22. The lowest BCUT2D eigenvalue weighted by molar-refractivity contribution is -0.131. The number of hydrogen-bond donors (Lipinski definition) is 3. The average Bonchev–Trinajstić information content (AvgIpc) is 3.54. The standard InChI is InChI=1S/C23H25N5O4/c29-21(15-25-22(30)17-5-2-1-3-6-17)28-10-8-16(9-11-28)19-13-20(27-26-19)23(31)24-14-18-7-4-12-32-18/h1-7,12-13,16H,8-11,14-15H2,(H,24,31)(H,25,30)(H,26,27). The highest BCUT2D eigenvalue weighted by molar-refractivity contribution is 5.96. The van der Waals surface area contributed by atoms with Crippen LogP contribution in [-0.4, -0.2) is 52.5 Å². The van der Waals surface area contributed by atoms with Crippen LogP contribution in [0.3, 0.4) is 0 Å². The fourth-order valence-electron chi connectivity index (χ4n) is 3.73. The third kappa shape index (κ3) is 5.23. The van der Waals surface area contributed by atoms with E-state index in [1.807, 2.05) is 6.07 Å². The summed E-state index contributed by atoms with van der Waals surface area (Å²) < 4.78 is 5.20. The van der Waals surface area contributed by atoms with E-state index in [0.29, 0.717) is 36.7 Å². The Labute approximate surface area is 185 Å². The highest BCUT2D eigenvalue weighted by atomic mass is 16.3. The fraction of sp³-hybridized carbons (Fsp3) is 0.304. The van der Waals surface area contributed by atoms with E-state index in [0.717, 1.165) is 18.5 Å². The molecule has 0 atom stereocenters. The van der Waals surface area contributed by atoms with Gasteiger partial charge in [-0.15, -0.1) is 0 Å². The maximum absolute atomic E-state index is 12.5. The number of furan rings is 1. The number of H-pyrrole nitrogens is 1. The van der Waals surface area contributed by atoms with Gasteiger partial charge in [0.1, 0.15) is 11.5 Å². The molecule has 9 heteroatoms. The van der Waals surface area contributed by atoms with E-state index in [4.69, 9.17) is 4.42 Å². The highest BCUT2D eigenvalue weighted by Gasteiger charge is 2.26. The van der Waals surface area contributed by atoms with Crippen LogP contribution in [0.4, 0.5) is 0 Å². The van der Waals surface area contributed by atoms with Gasteiger partial charge in [0.15, 0.2) is 0 Å². The van der Waals surface area contributed by atoms with E-state index in [1.165, 1.54) is 0 Å². The van der Waals surface area contributed by atoms with Crippen LogP contribution < -0.4 is 10.6 Å². The second kappa shape index (κ2) is 9.95. The summed E-state index contributed by atoms with van der Waals surface area (Å²) in [4.78, 5) is 38.6. The molecular formula is C23H25N5O4. The lowest BCUT2D eigenvalue weighted by Gasteiger charge is -2.31. The molecule has 0 unspecified atom stereocenters. The van der Waals surface area contributed by atoms with Gasteiger partial charge in [-0.25, -0.2) is 0 Å². The number of carbonyl (C=O) groups excluding carboxylic acids is 3. The van der Waals surface area contributed by atoms with Crippen molar-refractivity contribution < 1.29 is 18.8 Å². The Morgan fingerprint density at radius 2 is 1.81 bits per heavy atom. The first kappa shape index (κ1) is 21.4. The molecule has 32 heavy (non-hydrogen) atoms. The molecule has 3 heterocycles. The predicted octanol–water partition coefficient (Wildman–Crippen LogP) is 2.07. The van der Waals surface area contributed by atoms with Gasteiger partial charge < -0.3 is 20.0 Å². The normalized spacial score (nSPS) is 14.2. The Morgan fingerprint density at radius 1 is 1.03 bits per heavy atom. The zero-order valence-electron chi connectivity index (χ0n) is 17.5. The molecule has 2 aromatic heterocycles. The lowest BCUT2D eigenvalue weighted by atomic mass is 9.93. The van der Waals surface area contributed by atoms with Gasteiger partial charge in [-0.05, 0) is 43.2 Å². The van der Waals surface area contributed by atoms with Crippen LogP contribution in [0.1, 0.15) is 51.1 Å². The van der Waals surface area contributed by atoms with Crippen LogP contribution in [0.25, 0.3) is 0 Å². The van der Waals surface area contributed by atoms with Crippen molar-refractivity contribution in [2.75, 3.05) is 19.6 Å². The van der Waals surface area contributed by atoms with Crippen molar-refractivity contribution in [1.29, 1.82) is 0 Å². The van der Waals surface area contributed by atoms with Crippen LogP contribution in [0.15, 0.2) is 59.2 Å². The zero-order valence-corrected chi connectivity index (χ0v) is 17.5. The number of likely N-dealkylation sites (tertiary alicyclic amines) is 1. The van der Waals surface area contributed by atoms with E-state index in [1.54, 1.807) is 53.6 Å². The number of nitrogens with zero attached hydrogens (tertiary/aromatic N) is 2. The summed E-state index contributed by atoms with van der Waals surface area (Å²) in [7, 11) is 0. The predicted molar refractivity (Wildman–Crippen MR) is 116 cm³/mol. The Kier molecular flexibility index (Phi) is 6.64. The second-order valence-corrected chi connectivity index (χ2v) is 7.67. The molecule has 0 bridgehead atoms. The van der Waals surface area contributed by atoms with Crippen molar-refractivity contribution in [2.24, 2.45) is 0 Å². The molecule has 3 amide bonds.